The minimum Gasteiger partial charge on any atom is -0.546 e. The van der Waals surface area contributed by atoms with E-state index < -0.39 is 12.6 Å². The summed E-state index contributed by atoms with van der Waals surface area (Å²) in [5.41, 5.74) is 2.06. The second-order valence-corrected chi connectivity index (χ2v) is 3.84. The molecule has 0 aromatic heterocycles. The highest BCUT2D eigenvalue weighted by atomic mass is 16.5. The van der Waals surface area contributed by atoms with Crippen molar-refractivity contribution in [2.45, 2.75) is 26.7 Å². The maximum absolute atomic E-state index is 10.3. The highest BCUT2D eigenvalue weighted by Crippen LogP contribution is 2.24. The first kappa shape index (κ1) is 11.6. The molecule has 0 unspecified atom stereocenters. The molecule has 1 aromatic rings. The molecule has 0 aliphatic heterocycles. The third-order valence-electron chi connectivity index (χ3n) is 2.22. The molecular formula is C12H15O3-. The Bertz CT molecular complexity index is 356. The molecule has 0 bridgehead atoms. The molecule has 0 aliphatic rings. The van der Waals surface area contributed by atoms with Crippen LogP contribution in [0.3, 0.4) is 0 Å². The van der Waals surface area contributed by atoms with Gasteiger partial charge in [0, 0.05) is 0 Å². The smallest absolute Gasteiger partial charge is 0.128 e. The highest BCUT2D eigenvalue weighted by Gasteiger charge is 2.04. The average molecular weight is 207 g/mol. The molecule has 0 saturated carbocycles. The fourth-order valence-corrected chi connectivity index (χ4v) is 1.27. The van der Waals surface area contributed by atoms with Crippen molar-refractivity contribution in [1.29, 1.82) is 0 Å². The van der Waals surface area contributed by atoms with Gasteiger partial charge >= 0.3 is 0 Å². The molecule has 0 N–H and O–H groups in total. The summed E-state index contributed by atoms with van der Waals surface area (Å²) < 4.78 is 5.13. The van der Waals surface area contributed by atoms with Gasteiger partial charge in [-0.05, 0) is 30.0 Å². The zero-order chi connectivity index (χ0) is 11.4. The van der Waals surface area contributed by atoms with Gasteiger partial charge in [-0.25, -0.2) is 0 Å². The van der Waals surface area contributed by atoms with Crippen LogP contribution in [0.2, 0.25) is 0 Å². The summed E-state index contributed by atoms with van der Waals surface area (Å²) in [5.74, 6) is -0.189. The lowest BCUT2D eigenvalue weighted by atomic mass is 10.0. The fourth-order valence-electron chi connectivity index (χ4n) is 1.27. The van der Waals surface area contributed by atoms with Crippen molar-refractivity contribution >= 4 is 5.97 Å². The van der Waals surface area contributed by atoms with Crippen molar-refractivity contribution in [2.75, 3.05) is 6.61 Å². The molecular weight excluding hydrogens is 192 g/mol. The van der Waals surface area contributed by atoms with Crippen LogP contribution in [0.25, 0.3) is 0 Å². The molecule has 0 heterocycles. The van der Waals surface area contributed by atoms with Crippen molar-refractivity contribution < 1.29 is 14.6 Å². The van der Waals surface area contributed by atoms with E-state index in [1.807, 2.05) is 25.1 Å². The number of ether oxygens (including phenoxy) is 1. The second kappa shape index (κ2) is 4.82. The minimum absolute atomic E-state index is 0.399. The van der Waals surface area contributed by atoms with Crippen LogP contribution < -0.4 is 9.84 Å². The van der Waals surface area contributed by atoms with Crippen LogP contribution in [0.1, 0.15) is 30.9 Å². The molecule has 0 saturated heterocycles. The fraction of sp³-hybridized carbons (Fsp3) is 0.417. The van der Waals surface area contributed by atoms with E-state index in [1.54, 1.807) is 0 Å². The van der Waals surface area contributed by atoms with Gasteiger partial charge in [-0.3, -0.25) is 0 Å². The standard InChI is InChI=1S/C12H16O3/c1-8(2)10-5-4-9(3)11(6-10)15-7-12(13)14/h4-6,8H,7H2,1-3H3,(H,13,14)/p-1. The van der Waals surface area contributed by atoms with Crippen LogP contribution in [0.15, 0.2) is 18.2 Å². The summed E-state index contributed by atoms with van der Waals surface area (Å²) in [4.78, 5) is 10.3. The zero-order valence-electron chi connectivity index (χ0n) is 9.24. The molecule has 15 heavy (non-hydrogen) atoms. The van der Waals surface area contributed by atoms with Crippen molar-refractivity contribution in [3.05, 3.63) is 29.3 Å². The molecule has 3 heteroatoms. The number of aryl methyl sites for hydroxylation is 1. The summed E-state index contributed by atoms with van der Waals surface area (Å²) in [6.07, 6.45) is 0. The van der Waals surface area contributed by atoms with Crippen molar-refractivity contribution in [2.24, 2.45) is 0 Å². The molecule has 3 nitrogen and oxygen atoms in total. The van der Waals surface area contributed by atoms with Crippen molar-refractivity contribution in [3.63, 3.8) is 0 Å². The predicted octanol–water partition coefficient (Wildman–Crippen LogP) is 1.25. The van der Waals surface area contributed by atoms with Crippen LogP contribution in [0.4, 0.5) is 0 Å². The van der Waals surface area contributed by atoms with Crippen LogP contribution >= 0.6 is 0 Å². The Morgan fingerprint density at radius 1 is 1.47 bits per heavy atom. The molecule has 1 rings (SSSR count). The molecule has 0 amide bonds. The summed E-state index contributed by atoms with van der Waals surface area (Å²) in [6, 6.07) is 5.83. The Morgan fingerprint density at radius 2 is 2.13 bits per heavy atom. The molecule has 0 atom stereocenters. The Morgan fingerprint density at radius 3 is 2.67 bits per heavy atom. The highest BCUT2D eigenvalue weighted by molar-refractivity contribution is 5.66. The maximum Gasteiger partial charge on any atom is 0.128 e. The van der Waals surface area contributed by atoms with E-state index in [0.717, 1.165) is 11.1 Å². The lowest BCUT2D eigenvalue weighted by molar-refractivity contribution is -0.307. The molecule has 0 fully saturated rings. The largest absolute Gasteiger partial charge is 0.546 e. The average Bonchev–Trinajstić information content (AvgIpc) is 2.16. The number of carbonyl (C=O) groups excluding carboxylic acids is 1. The third kappa shape index (κ3) is 3.27. The van der Waals surface area contributed by atoms with E-state index in [1.165, 1.54) is 0 Å². The quantitative estimate of drug-likeness (QED) is 0.746. The SMILES string of the molecule is Cc1ccc(C(C)C)cc1OCC(=O)[O-]. The van der Waals surface area contributed by atoms with Gasteiger partial charge in [-0.2, -0.15) is 0 Å². The Hall–Kier alpha value is -1.51. The number of hydrogen-bond donors (Lipinski definition) is 0. The number of benzene rings is 1. The monoisotopic (exact) mass is 207 g/mol. The molecule has 82 valence electrons. The molecule has 1 aromatic carbocycles. The zero-order valence-corrected chi connectivity index (χ0v) is 9.24. The van der Waals surface area contributed by atoms with Crippen LogP contribution in [0.5, 0.6) is 5.75 Å². The summed E-state index contributed by atoms with van der Waals surface area (Å²) in [5, 5.41) is 10.3. The van der Waals surface area contributed by atoms with Crippen LogP contribution in [-0.2, 0) is 4.79 Å². The number of carbonyl (C=O) groups is 1. The van der Waals surface area contributed by atoms with Gasteiger partial charge in [0.25, 0.3) is 0 Å². The van der Waals surface area contributed by atoms with Crippen LogP contribution in [0, 0.1) is 6.92 Å². The summed E-state index contributed by atoms with van der Waals surface area (Å²) >= 11 is 0. The first-order valence-corrected chi connectivity index (χ1v) is 4.94. The first-order chi connectivity index (χ1) is 7.00. The number of carboxylic acids is 1. The third-order valence-corrected chi connectivity index (χ3v) is 2.22. The van der Waals surface area contributed by atoms with E-state index in [9.17, 15) is 9.90 Å². The Labute approximate surface area is 89.7 Å². The lowest BCUT2D eigenvalue weighted by Gasteiger charge is -2.12. The Balaban J connectivity index is 2.85. The van der Waals surface area contributed by atoms with Gasteiger partial charge in [0.05, 0.1) is 5.97 Å². The lowest BCUT2D eigenvalue weighted by Crippen LogP contribution is -2.29. The topological polar surface area (TPSA) is 49.4 Å². The van der Waals surface area contributed by atoms with Crippen molar-refractivity contribution in [1.82, 2.24) is 0 Å². The first-order valence-electron chi connectivity index (χ1n) is 4.94. The van der Waals surface area contributed by atoms with E-state index in [0.29, 0.717) is 11.7 Å². The van der Waals surface area contributed by atoms with Gasteiger partial charge in [0.15, 0.2) is 0 Å². The number of aliphatic carboxylic acids is 1. The molecule has 0 radical (unpaired) electrons. The molecule has 0 spiro atoms. The van der Waals surface area contributed by atoms with E-state index in [-0.39, 0.29) is 0 Å². The second-order valence-electron chi connectivity index (χ2n) is 3.84. The van der Waals surface area contributed by atoms with E-state index in [2.05, 4.69) is 13.8 Å². The molecule has 0 aliphatic carbocycles. The van der Waals surface area contributed by atoms with Gasteiger partial charge in [-0.15, -0.1) is 0 Å². The van der Waals surface area contributed by atoms with Crippen LogP contribution in [-0.4, -0.2) is 12.6 Å². The van der Waals surface area contributed by atoms with E-state index >= 15 is 0 Å². The number of carboxylic acid groups (broad SMARTS) is 1. The van der Waals surface area contributed by atoms with Gasteiger partial charge in [0.2, 0.25) is 0 Å². The predicted molar refractivity (Wildman–Crippen MR) is 55.8 cm³/mol. The van der Waals surface area contributed by atoms with Gasteiger partial charge in [-0.1, -0.05) is 26.0 Å². The van der Waals surface area contributed by atoms with Gasteiger partial charge < -0.3 is 14.6 Å². The summed E-state index contributed by atoms with van der Waals surface area (Å²) in [6.45, 7) is 5.64. The summed E-state index contributed by atoms with van der Waals surface area (Å²) in [7, 11) is 0. The minimum atomic E-state index is -1.20. The van der Waals surface area contributed by atoms with Crippen molar-refractivity contribution in [3.8, 4) is 5.75 Å². The van der Waals surface area contributed by atoms with Gasteiger partial charge in [0.1, 0.15) is 12.4 Å². The number of hydrogen-bond acceptors (Lipinski definition) is 3. The Kier molecular flexibility index (Phi) is 3.72. The normalized spacial score (nSPS) is 10.4. The number of rotatable bonds is 4. The maximum atomic E-state index is 10.3. The van der Waals surface area contributed by atoms with E-state index in [4.69, 9.17) is 4.74 Å².